The quantitative estimate of drug-likeness (QED) is 0.877. The van der Waals surface area contributed by atoms with Crippen molar-refractivity contribution in [1.82, 2.24) is 20.4 Å². The van der Waals surface area contributed by atoms with E-state index < -0.39 is 0 Å². The first-order chi connectivity index (χ1) is 9.83. The van der Waals surface area contributed by atoms with Gasteiger partial charge in [0.05, 0.1) is 6.20 Å². The van der Waals surface area contributed by atoms with E-state index >= 15 is 0 Å². The molecule has 1 unspecified atom stereocenters. The monoisotopic (exact) mass is 348 g/mol. The van der Waals surface area contributed by atoms with Gasteiger partial charge in [-0.15, -0.1) is 24.8 Å². The lowest BCUT2D eigenvalue weighted by Gasteiger charge is -2.32. The number of carbonyl (C=O) groups is 1. The Morgan fingerprint density at radius 3 is 2.64 bits per heavy atom. The molecular weight excluding hydrogens is 323 g/mol. The molecule has 0 aliphatic carbocycles. The van der Waals surface area contributed by atoms with E-state index in [0.717, 1.165) is 51.9 Å². The molecule has 0 spiro atoms. The molecule has 0 aromatic carbocycles. The fourth-order valence-corrected chi connectivity index (χ4v) is 3.39. The van der Waals surface area contributed by atoms with Crippen molar-refractivity contribution in [3.63, 3.8) is 0 Å². The van der Waals surface area contributed by atoms with Crippen LogP contribution in [0.25, 0.3) is 0 Å². The van der Waals surface area contributed by atoms with Crippen molar-refractivity contribution in [2.24, 2.45) is 5.92 Å². The van der Waals surface area contributed by atoms with Crippen molar-refractivity contribution in [2.75, 3.05) is 26.2 Å². The maximum absolute atomic E-state index is 12.2. The lowest BCUT2D eigenvalue weighted by Crippen LogP contribution is -2.38. The van der Waals surface area contributed by atoms with Crippen LogP contribution < -0.4 is 5.32 Å². The summed E-state index contributed by atoms with van der Waals surface area (Å²) in [6, 6.07) is 0. The zero-order chi connectivity index (χ0) is 13.8. The van der Waals surface area contributed by atoms with Crippen molar-refractivity contribution in [2.45, 2.75) is 38.0 Å². The highest BCUT2D eigenvalue weighted by Crippen LogP contribution is 2.27. The maximum Gasteiger partial charge on any atom is 0.222 e. The van der Waals surface area contributed by atoms with E-state index in [-0.39, 0.29) is 24.8 Å². The number of rotatable bonds is 4. The van der Waals surface area contributed by atoms with E-state index in [9.17, 15) is 4.79 Å². The normalized spacial score (nSPS) is 22.0. The Hall–Kier alpha value is -0.780. The molecule has 0 radical (unpaired) electrons. The number of likely N-dealkylation sites (tertiary alicyclic amines) is 1. The number of carbonyl (C=O) groups excluding carboxylic acids is 1. The molecule has 1 atom stereocenters. The third kappa shape index (κ3) is 4.86. The molecule has 2 saturated heterocycles. The zero-order valence-electron chi connectivity index (χ0n) is 12.8. The van der Waals surface area contributed by atoms with E-state index in [0.29, 0.717) is 17.7 Å². The van der Waals surface area contributed by atoms with Crippen LogP contribution in [-0.2, 0) is 4.79 Å². The Morgan fingerprint density at radius 1 is 1.27 bits per heavy atom. The lowest BCUT2D eigenvalue weighted by molar-refractivity contribution is -0.132. The zero-order valence-corrected chi connectivity index (χ0v) is 14.4. The SMILES string of the molecule is Cl.Cl.O=C(CCC1CCNC1)N1CCC(c2cn[nH]c2)CC1. The molecule has 5 nitrogen and oxygen atoms in total. The van der Waals surface area contributed by atoms with E-state index in [1.54, 1.807) is 0 Å². The number of halogens is 2. The van der Waals surface area contributed by atoms with Crippen LogP contribution >= 0.6 is 24.8 Å². The molecule has 1 aromatic heterocycles. The largest absolute Gasteiger partial charge is 0.343 e. The van der Waals surface area contributed by atoms with Crippen LogP contribution in [0.2, 0.25) is 0 Å². The Balaban J connectivity index is 0.00000121. The van der Waals surface area contributed by atoms with Crippen molar-refractivity contribution < 1.29 is 4.79 Å². The summed E-state index contributed by atoms with van der Waals surface area (Å²) in [5, 5.41) is 10.3. The van der Waals surface area contributed by atoms with Gasteiger partial charge in [-0.2, -0.15) is 5.10 Å². The van der Waals surface area contributed by atoms with E-state index in [4.69, 9.17) is 0 Å². The maximum atomic E-state index is 12.2. The molecule has 2 aliphatic heterocycles. The molecule has 1 amide bonds. The summed E-state index contributed by atoms with van der Waals surface area (Å²) in [5.74, 6) is 1.63. The number of amides is 1. The Morgan fingerprint density at radius 2 is 2.05 bits per heavy atom. The first-order valence-electron chi connectivity index (χ1n) is 7.80. The van der Waals surface area contributed by atoms with Gasteiger partial charge < -0.3 is 10.2 Å². The Bertz CT molecular complexity index is 427. The highest BCUT2D eigenvalue weighted by atomic mass is 35.5. The third-order valence-corrected chi connectivity index (χ3v) is 4.77. The highest BCUT2D eigenvalue weighted by molar-refractivity contribution is 5.85. The van der Waals surface area contributed by atoms with Crippen molar-refractivity contribution in [3.8, 4) is 0 Å². The molecule has 3 rings (SSSR count). The van der Waals surface area contributed by atoms with E-state index in [1.165, 1.54) is 12.0 Å². The molecule has 0 saturated carbocycles. The minimum atomic E-state index is 0. The molecule has 1 aromatic rings. The molecule has 2 fully saturated rings. The van der Waals surface area contributed by atoms with Gasteiger partial charge in [0.1, 0.15) is 0 Å². The Kier molecular flexibility index (Phi) is 8.21. The number of aromatic amines is 1. The van der Waals surface area contributed by atoms with Gasteiger partial charge in [-0.1, -0.05) is 0 Å². The van der Waals surface area contributed by atoms with Gasteiger partial charge in [0.25, 0.3) is 0 Å². The van der Waals surface area contributed by atoms with Gasteiger partial charge in [0, 0.05) is 25.7 Å². The lowest BCUT2D eigenvalue weighted by atomic mass is 9.91. The van der Waals surface area contributed by atoms with Crippen LogP contribution in [0.4, 0.5) is 0 Å². The van der Waals surface area contributed by atoms with Crippen LogP contribution in [0.15, 0.2) is 12.4 Å². The first kappa shape index (κ1) is 19.3. The van der Waals surface area contributed by atoms with Gasteiger partial charge in [-0.05, 0) is 56.2 Å². The van der Waals surface area contributed by atoms with E-state index in [1.807, 2.05) is 12.4 Å². The number of H-pyrrole nitrogens is 1. The molecule has 0 bridgehead atoms. The second-order valence-corrected chi connectivity index (χ2v) is 6.08. The molecular formula is C15H26Cl2N4O. The fraction of sp³-hybridized carbons (Fsp3) is 0.733. The molecule has 22 heavy (non-hydrogen) atoms. The minimum absolute atomic E-state index is 0. The van der Waals surface area contributed by atoms with E-state index in [2.05, 4.69) is 20.4 Å². The first-order valence-corrected chi connectivity index (χ1v) is 7.80. The molecule has 2 N–H and O–H groups in total. The standard InChI is InChI=1S/C15H24N4O.2ClH/c20-15(2-1-12-3-6-16-9-12)19-7-4-13(5-8-19)14-10-17-18-11-14;;/h10-13,16H,1-9H2,(H,17,18);2*1H. The van der Waals surface area contributed by atoms with Crippen LogP contribution in [0.1, 0.15) is 43.6 Å². The van der Waals surface area contributed by atoms with Gasteiger partial charge in [0.2, 0.25) is 5.91 Å². The number of piperidine rings is 1. The summed E-state index contributed by atoms with van der Waals surface area (Å²) in [4.78, 5) is 14.3. The van der Waals surface area contributed by atoms with Gasteiger partial charge in [0.15, 0.2) is 0 Å². The number of hydrogen-bond donors (Lipinski definition) is 2. The summed E-state index contributed by atoms with van der Waals surface area (Å²) in [6.07, 6.45) is 9.03. The van der Waals surface area contributed by atoms with Crippen molar-refractivity contribution in [1.29, 1.82) is 0 Å². The smallest absolute Gasteiger partial charge is 0.222 e. The van der Waals surface area contributed by atoms with Crippen LogP contribution in [0, 0.1) is 5.92 Å². The second-order valence-electron chi connectivity index (χ2n) is 6.08. The molecule has 2 aliphatic rings. The minimum Gasteiger partial charge on any atom is -0.343 e. The number of aromatic nitrogens is 2. The molecule has 3 heterocycles. The van der Waals surface area contributed by atoms with Crippen LogP contribution in [0.3, 0.4) is 0 Å². The van der Waals surface area contributed by atoms with Crippen molar-refractivity contribution >= 4 is 30.7 Å². The predicted molar refractivity (Wildman–Crippen MR) is 91.8 cm³/mol. The number of hydrogen-bond acceptors (Lipinski definition) is 3. The second kappa shape index (κ2) is 9.38. The van der Waals surface area contributed by atoms with Gasteiger partial charge in [-0.25, -0.2) is 0 Å². The van der Waals surface area contributed by atoms with Crippen molar-refractivity contribution in [3.05, 3.63) is 18.0 Å². The van der Waals surface area contributed by atoms with Gasteiger partial charge >= 0.3 is 0 Å². The van der Waals surface area contributed by atoms with Crippen LogP contribution in [0.5, 0.6) is 0 Å². The average molecular weight is 349 g/mol. The Labute approximate surface area is 144 Å². The number of nitrogens with zero attached hydrogens (tertiary/aromatic N) is 2. The fourth-order valence-electron chi connectivity index (χ4n) is 3.39. The number of nitrogens with one attached hydrogen (secondary N) is 2. The molecule has 7 heteroatoms. The van der Waals surface area contributed by atoms with Crippen LogP contribution in [-0.4, -0.2) is 47.2 Å². The summed E-state index contributed by atoms with van der Waals surface area (Å²) >= 11 is 0. The molecule has 126 valence electrons. The third-order valence-electron chi connectivity index (χ3n) is 4.77. The summed E-state index contributed by atoms with van der Waals surface area (Å²) < 4.78 is 0. The summed E-state index contributed by atoms with van der Waals surface area (Å²) in [6.45, 7) is 4.01. The highest BCUT2D eigenvalue weighted by Gasteiger charge is 2.25. The average Bonchev–Trinajstić information content (AvgIpc) is 3.18. The summed E-state index contributed by atoms with van der Waals surface area (Å²) in [7, 11) is 0. The summed E-state index contributed by atoms with van der Waals surface area (Å²) in [5.41, 5.74) is 1.29. The topological polar surface area (TPSA) is 61.0 Å². The predicted octanol–water partition coefficient (Wildman–Crippen LogP) is 2.35. The van der Waals surface area contributed by atoms with Gasteiger partial charge in [-0.3, -0.25) is 9.89 Å².